The zero-order valence-electron chi connectivity index (χ0n) is 14.8. The molecule has 1 aromatic carbocycles. The summed E-state index contributed by atoms with van der Waals surface area (Å²) in [7, 11) is 0. The summed E-state index contributed by atoms with van der Waals surface area (Å²) in [5.74, 6) is -1.93. The average Bonchev–Trinajstić information content (AvgIpc) is 2.96. The van der Waals surface area contributed by atoms with Crippen molar-refractivity contribution in [3.05, 3.63) is 41.1 Å². The van der Waals surface area contributed by atoms with Crippen molar-refractivity contribution in [3.8, 4) is 17.7 Å². The number of H-pyrrole nitrogens is 1. The molecular weight excluding hydrogens is 361 g/mol. The Morgan fingerprint density at radius 2 is 1.85 bits per heavy atom. The van der Waals surface area contributed by atoms with Gasteiger partial charge in [-0.3, -0.25) is 10.5 Å². The van der Waals surface area contributed by atoms with E-state index in [9.17, 15) is 18.4 Å². The van der Waals surface area contributed by atoms with Gasteiger partial charge in [0.25, 0.3) is 0 Å². The van der Waals surface area contributed by atoms with Crippen molar-refractivity contribution in [2.75, 3.05) is 0 Å². The van der Waals surface area contributed by atoms with Gasteiger partial charge in [0.2, 0.25) is 11.8 Å². The van der Waals surface area contributed by atoms with Gasteiger partial charge in [0.1, 0.15) is 11.7 Å². The number of benzene rings is 1. The number of aromatic nitrogens is 2. The smallest absolute Gasteiger partial charge is 0.422 e. The van der Waals surface area contributed by atoms with Crippen molar-refractivity contribution < 1.29 is 22.6 Å². The SMILES string of the molecule is CC(C)(C)c1[nH]nc2c1C(c1ccc(OC(F)(F)F)cc1)C(C#N)C(=N)O2. The average molecular weight is 378 g/mol. The first kappa shape index (κ1) is 18.8. The van der Waals surface area contributed by atoms with Crippen LogP contribution in [0.4, 0.5) is 13.2 Å². The number of fused-ring (bicyclic) bond motifs is 1. The standard InChI is InChI=1S/C18H17F3N4O2/c1-17(2,3)14-13-12(11(8-22)15(23)26-16(13)25-24-14)9-4-6-10(7-5-9)27-18(19,20)21/h4-7,11-12,23H,1-3H3,(H,24,25). The van der Waals surface area contributed by atoms with E-state index >= 15 is 0 Å². The molecule has 3 rings (SSSR count). The molecule has 1 aromatic heterocycles. The highest BCUT2D eigenvalue weighted by atomic mass is 19.4. The summed E-state index contributed by atoms with van der Waals surface area (Å²) < 4.78 is 46.4. The first-order chi connectivity index (χ1) is 12.5. The summed E-state index contributed by atoms with van der Waals surface area (Å²) in [6, 6.07) is 7.35. The second-order valence-corrected chi connectivity index (χ2v) is 7.24. The highest BCUT2D eigenvalue weighted by Crippen LogP contribution is 2.45. The topological polar surface area (TPSA) is 94.8 Å². The molecule has 0 saturated carbocycles. The van der Waals surface area contributed by atoms with E-state index in [-0.39, 0.29) is 22.9 Å². The molecule has 0 bridgehead atoms. The van der Waals surface area contributed by atoms with E-state index in [0.29, 0.717) is 11.1 Å². The second kappa shape index (κ2) is 6.30. The Bertz CT molecular complexity index is 905. The van der Waals surface area contributed by atoms with Gasteiger partial charge in [-0.2, -0.15) is 5.26 Å². The van der Waals surface area contributed by atoms with Crippen LogP contribution < -0.4 is 9.47 Å². The van der Waals surface area contributed by atoms with Crippen LogP contribution in [-0.2, 0) is 5.41 Å². The van der Waals surface area contributed by atoms with Gasteiger partial charge in [-0.05, 0) is 17.7 Å². The maximum atomic E-state index is 12.4. The van der Waals surface area contributed by atoms with Crippen molar-refractivity contribution in [2.45, 2.75) is 38.5 Å². The molecule has 1 aliphatic rings. The van der Waals surface area contributed by atoms with Crippen LogP contribution in [0.1, 0.15) is 43.5 Å². The lowest BCUT2D eigenvalue weighted by Crippen LogP contribution is -2.32. The van der Waals surface area contributed by atoms with Crippen molar-refractivity contribution in [1.29, 1.82) is 10.7 Å². The Hall–Kier alpha value is -3.02. The molecule has 2 atom stereocenters. The van der Waals surface area contributed by atoms with Crippen LogP contribution in [0, 0.1) is 22.7 Å². The molecule has 6 nitrogen and oxygen atoms in total. The fraction of sp³-hybridized carbons (Fsp3) is 0.389. The third-order valence-electron chi connectivity index (χ3n) is 4.26. The number of alkyl halides is 3. The summed E-state index contributed by atoms with van der Waals surface area (Å²) in [4.78, 5) is 0. The Balaban J connectivity index is 2.09. The molecule has 1 aliphatic heterocycles. The Morgan fingerprint density at radius 3 is 2.37 bits per heavy atom. The summed E-state index contributed by atoms with van der Waals surface area (Å²) >= 11 is 0. The van der Waals surface area contributed by atoms with E-state index in [1.165, 1.54) is 24.3 Å². The van der Waals surface area contributed by atoms with Gasteiger partial charge in [0, 0.05) is 22.6 Å². The van der Waals surface area contributed by atoms with Crippen molar-refractivity contribution in [1.82, 2.24) is 10.2 Å². The predicted molar refractivity (Wildman–Crippen MR) is 89.7 cm³/mol. The van der Waals surface area contributed by atoms with Crippen LogP contribution in [0.2, 0.25) is 0 Å². The Kier molecular flexibility index (Phi) is 4.38. The van der Waals surface area contributed by atoms with Gasteiger partial charge >= 0.3 is 6.36 Å². The van der Waals surface area contributed by atoms with Crippen LogP contribution >= 0.6 is 0 Å². The van der Waals surface area contributed by atoms with Crippen LogP contribution in [0.15, 0.2) is 24.3 Å². The number of nitrogens with one attached hydrogen (secondary N) is 2. The van der Waals surface area contributed by atoms with Gasteiger partial charge in [-0.1, -0.05) is 32.9 Å². The number of hydrogen-bond donors (Lipinski definition) is 2. The molecule has 142 valence electrons. The third-order valence-corrected chi connectivity index (χ3v) is 4.26. The first-order valence-electron chi connectivity index (χ1n) is 8.11. The normalized spacial score (nSPS) is 19.8. The van der Waals surface area contributed by atoms with Crippen molar-refractivity contribution in [3.63, 3.8) is 0 Å². The van der Waals surface area contributed by atoms with Crippen molar-refractivity contribution >= 4 is 5.90 Å². The largest absolute Gasteiger partial charge is 0.573 e. The molecule has 0 saturated heterocycles. The summed E-state index contributed by atoms with van der Waals surface area (Å²) in [5, 5.41) is 24.6. The third kappa shape index (κ3) is 3.60. The highest BCUT2D eigenvalue weighted by Gasteiger charge is 2.42. The molecule has 0 spiro atoms. The molecule has 2 heterocycles. The van der Waals surface area contributed by atoms with E-state index in [0.717, 1.165) is 5.69 Å². The maximum absolute atomic E-state index is 12.4. The molecule has 0 amide bonds. The van der Waals surface area contributed by atoms with Crippen LogP contribution in [0.25, 0.3) is 0 Å². The number of hydrogen-bond acceptors (Lipinski definition) is 5. The minimum absolute atomic E-state index is 0.206. The van der Waals surface area contributed by atoms with E-state index in [2.05, 4.69) is 21.0 Å². The number of ether oxygens (including phenoxy) is 2. The number of rotatable bonds is 2. The molecule has 2 unspecified atom stereocenters. The maximum Gasteiger partial charge on any atom is 0.573 e. The Labute approximate surface area is 153 Å². The van der Waals surface area contributed by atoms with Crippen LogP contribution in [-0.4, -0.2) is 22.5 Å². The molecule has 2 N–H and O–H groups in total. The monoisotopic (exact) mass is 378 g/mol. The summed E-state index contributed by atoms with van der Waals surface area (Å²) in [5.41, 5.74) is 1.60. The number of halogens is 3. The van der Waals surface area contributed by atoms with Crippen LogP contribution in [0.5, 0.6) is 11.6 Å². The van der Waals surface area contributed by atoms with Gasteiger partial charge in [0.15, 0.2) is 0 Å². The van der Waals surface area contributed by atoms with E-state index in [4.69, 9.17) is 10.1 Å². The molecule has 2 aromatic rings. The highest BCUT2D eigenvalue weighted by molar-refractivity contribution is 5.84. The van der Waals surface area contributed by atoms with Gasteiger partial charge in [-0.25, -0.2) is 0 Å². The summed E-state index contributed by atoms with van der Waals surface area (Å²) in [6.07, 6.45) is -4.78. The van der Waals surface area contributed by atoms with E-state index < -0.39 is 18.2 Å². The summed E-state index contributed by atoms with van der Waals surface area (Å²) in [6.45, 7) is 5.87. The van der Waals surface area contributed by atoms with Gasteiger partial charge in [0.05, 0.1) is 6.07 Å². The number of nitriles is 1. The van der Waals surface area contributed by atoms with Crippen LogP contribution in [0.3, 0.4) is 0 Å². The molecular formula is C18H17F3N4O2. The zero-order chi connectivity index (χ0) is 20.0. The van der Waals surface area contributed by atoms with Gasteiger partial charge in [-0.15, -0.1) is 18.3 Å². The Morgan fingerprint density at radius 1 is 1.22 bits per heavy atom. The second-order valence-electron chi connectivity index (χ2n) is 7.24. The number of aromatic amines is 1. The molecule has 9 heteroatoms. The lowest BCUT2D eigenvalue weighted by Gasteiger charge is -2.30. The van der Waals surface area contributed by atoms with E-state index in [1.54, 1.807) is 0 Å². The minimum Gasteiger partial charge on any atom is -0.422 e. The molecule has 0 aliphatic carbocycles. The fourth-order valence-corrected chi connectivity index (χ4v) is 3.13. The fourth-order valence-electron chi connectivity index (χ4n) is 3.13. The molecule has 0 radical (unpaired) electrons. The molecule has 0 fully saturated rings. The van der Waals surface area contributed by atoms with Crippen molar-refractivity contribution in [2.24, 2.45) is 5.92 Å². The predicted octanol–water partition coefficient (Wildman–Crippen LogP) is 4.25. The lowest BCUT2D eigenvalue weighted by atomic mass is 9.76. The van der Waals surface area contributed by atoms with Gasteiger partial charge < -0.3 is 9.47 Å². The number of nitrogens with zero attached hydrogens (tertiary/aromatic N) is 2. The lowest BCUT2D eigenvalue weighted by molar-refractivity contribution is -0.274. The van der Waals surface area contributed by atoms with E-state index in [1.807, 2.05) is 20.8 Å². The first-order valence-corrected chi connectivity index (χ1v) is 8.11. The zero-order valence-corrected chi connectivity index (χ0v) is 14.8. The molecule has 27 heavy (non-hydrogen) atoms. The quantitative estimate of drug-likeness (QED) is 0.817. The minimum atomic E-state index is -4.78.